The molecule has 0 aliphatic carbocycles. The Morgan fingerprint density at radius 1 is 1.52 bits per heavy atom. The van der Waals surface area contributed by atoms with E-state index in [1.165, 1.54) is 0 Å². The Bertz CT molecular complexity index is 654. The molecule has 0 fully saturated rings. The molecular weight excluding hydrogens is 288 g/mol. The Hall–Kier alpha value is -1.76. The second kappa shape index (κ2) is 6.80. The lowest BCUT2D eigenvalue weighted by molar-refractivity contribution is 0.0527. The first-order valence-electron chi connectivity index (χ1n) is 6.82. The Labute approximate surface area is 128 Å². The van der Waals surface area contributed by atoms with Gasteiger partial charge in [-0.05, 0) is 20.1 Å². The molecule has 114 valence electrons. The number of rotatable bonds is 6. The zero-order chi connectivity index (χ0) is 15.4. The van der Waals surface area contributed by atoms with Crippen LogP contribution in [0.4, 0.5) is 5.69 Å². The number of nitrogens with one attached hydrogen (secondary N) is 1. The molecule has 2 aromatic heterocycles. The van der Waals surface area contributed by atoms with E-state index in [0.717, 1.165) is 34.7 Å². The van der Waals surface area contributed by atoms with Crippen LogP contribution in [0, 0.1) is 6.92 Å². The van der Waals surface area contributed by atoms with Gasteiger partial charge in [0.05, 0.1) is 23.4 Å². The minimum atomic E-state index is -0.359. The number of carbonyl (C=O) groups is 1. The minimum absolute atomic E-state index is 0.340. The topological polar surface area (TPSA) is 69.0 Å². The molecule has 0 aliphatic heterocycles. The molecule has 2 rings (SSSR count). The van der Waals surface area contributed by atoms with Gasteiger partial charge in [0, 0.05) is 25.5 Å². The lowest BCUT2D eigenvalue weighted by Crippen LogP contribution is -2.13. The molecule has 2 heterocycles. The van der Waals surface area contributed by atoms with Crippen molar-refractivity contribution in [2.75, 3.05) is 30.5 Å². The summed E-state index contributed by atoms with van der Waals surface area (Å²) in [4.78, 5) is 16.5. The number of aryl methyl sites for hydroxylation is 2. The molecular formula is C14H20N4O2S. The maximum atomic E-state index is 12.1. The molecule has 0 unspecified atom stereocenters. The van der Waals surface area contributed by atoms with Crippen LogP contribution in [0.1, 0.15) is 23.0 Å². The zero-order valence-corrected chi connectivity index (χ0v) is 13.6. The fourth-order valence-corrected chi connectivity index (χ4v) is 2.54. The quantitative estimate of drug-likeness (QED) is 0.652. The van der Waals surface area contributed by atoms with Crippen molar-refractivity contribution in [1.29, 1.82) is 0 Å². The van der Waals surface area contributed by atoms with E-state index in [1.807, 2.05) is 20.2 Å². The van der Waals surface area contributed by atoms with Gasteiger partial charge in [-0.1, -0.05) is 0 Å². The number of anilines is 1. The van der Waals surface area contributed by atoms with Crippen molar-refractivity contribution in [3.8, 4) is 0 Å². The normalized spacial score (nSPS) is 10.9. The van der Waals surface area contributed by atoms with Crippen LogP contribution in [0.3, 0.4) is 0 Å². The predicted molar refractivity (Wildman–Crippen MR) is 86.1 cm³/mol. The summed E-state index contributed by atoms with van der Waals surface area (Å²) < 4.78 is 6.84. The maximum Gasteiger partial charge on any atom is 0.341 e. The Morgan fingerprint density at radius 2 is 2.29 bits per heavy atom. The standard InChI is InChI=1S/C14H20N4O2S/c1-5-20-14(19)10-8-16-13-11(9(2)17-18(13)3)12(10)15-6-7-21-4/h8H,5-7H2,1-4H3,(H,15,16). The van der Waals surface area contributed by atoms with Crippen molar-refractivity contribution in [1.82, 2.24) is 14.8 Å². The van der Waals surface area contributed by atoms with Gasteiger partial charge in [0.25, 0.3) is 0 Å². The van der Waals surface area contributed by atoms with E-state index in [2.05, 4.69) is 15.4 Å². The number of pyridine rings is 1. The number of hydrogen-bond donors (Lipinski definition) is 1. The molecule has 2 aromatic rings. The van der Waals surface area contributed by atoms with E-state index < -0.39 is 0 Å². The third-order valence-corrected chi connectivity index (χ3v) is 3.74. The maximum absolute atomic E-state index is 12.1. The molecule has 0 bridgehead atoms. The Balaban J connectivity index is 2.54. The van der Waals surface area contributed by atoms with Crippen LogP contribution in [0.2, 0.25) is 0 Å². The lowest BCUT2D eigenvalue weighted by Gasteiger charge is -2.12. The first kappa shape index (κ1) is 15.6. The van der Waals surface area contributed by atoms with Gasteiger partial charge >= 0.3 is 5.97 Å². The van der Waals surface area contributed by atoms with Crippen molar-refractivity contribution < 1.29 is 9.53 Å². The van der Waals surface area contributed by atoms with Gasteiger partial charge in [0.2, 0.25) is 0 Å². The number of carbonyl (C=O) groups excluding carboxylic acids is 1. The number of nitrogens with zero attached hydrogens (tertiary/aromatic N) is 3. The average Bonchev–Trinajstić information content (AvgIpc) is 2.75. The van der Waals surface area contributed by atoms with E-state index in [-0.39, 0.29) is 5.97 Å². The first-order valence-corrected chi connectivity index (χ1v) is 8.21. The third kappa shape index (κ3) is 3.12. The fraction of sp³-hybridized carbons (Fsp3) is 0.500. The third-order valence-electron chi connectivity index (χ3n) is 3.13. The van der Waals surface area contributed by atoms with Crippen LogP contribution in [0.15, 0.2) is 6.20 Å². The Morgan fingerprint density at radius 3 is 2.95 bits per heavy atom. The van der Waals surface area contributed by atoms with Crippen molar-refractivity contribution in [2.45, 2.75) is 13.8 Å². The minimum Gasteiger partial charge on any atom is -0.462 e. The smallest absolute Gasteiger partial charge is 0.341 e. The van der Waals surface area contributed by atoms with Gasteiger partial charge in [-0.15, -0.1) is 0 Å². The van der Waals surface area contributed by atoms with Crippen LogP contribution >= 0.6 is 11.8 Å². The van der Waals surface area contributed by atoms with Crippen molar-refractivity contribution in [3.63, 3.8) is 0 Å². The Kier molecular flexibility index (Phi) is 5.06. The van der Waals surface area contributed by atoms with E-state index in [0.29, 0.717) is 12.2 Å². The van der Waals surface area contributed by atoms with E-state index in [1.54, 1.807) is 29.6 Å². The highest BCUT2D eigenvalue weighted by Crippen LogP contribution is 2.29. The summed E-state index contributed by atoms with van der Waals surface area (Å²) in [7, 11) is 1.85. The summed E-state index contributed by atoms with van der Waals surface area (Å²) in [6.45, 7) is 4.81. The number of ether oxygens (including phenoxy) is 1. The lowest BCUT2D eigenvalue weighted by atomic mass is 10.1. The molecule has 0 amide bonds. The summed E-state index contributed by atoms with van der Waals surface area (Å²) in [5.41, 5.74) is 2.82. The molecule has 6 nitrogen and oxygen atoms in total. The monoisotopic (exact) mass is 308 g/mol. The van der Waals surface area contributed by atoms with Gasteiger partial charge < -0.3 is 10.1 Å². The molecule has 0 aliphatic rings. The molecule has 0 saturated carbocycles. The molecule has 1 N–H and O–H groups in total. The van der Waals surface area contributed by atoms with Crippen molar-refractivity contribution in [2.24, 2.45) is 7.05 Å². The summed E-state index contributed by atoms with van der Waals surface area (Å²) in [6, 6.07) is 0. The summed E-state index contributed by atoms with van der Waals surface area (Å²) in [6.07, 6.45) is 3.61. The van der Waals surface area contributed by atoms with Crippen LogP contribution in [-0.4, -0.2) is 45.9 Å². The van der Waals surface area contributed by atoms with Gasteiger partial charge in [0.15, 0.2) is 5.65 Å². The summed E-state index contributed by atoms with van der Waals surface area (Å²) in [5.74, 6) is 0.590. The number of aromatic nitrogens is 3. The summed E-state index contributed by atoms with van der Waals surface area (Å²) in [5, 5.41) is 8.60. The predicted octanol–water partition coefficient (Wildman–Crippen LogP) is 2.23. The van der Waals surface area contributed by atoms with Gasteiger partial charge in [0.1, 0.15) is 5.56 Å². The highest BCUT2D eigenvalue weighted by molar-refractivity contribution is 7.98. The van der Waals surface area contributed by atoms with Crippen LogP contribution in [0.5, 0.6) is 0 Å². The molecule has 21 heavy (non-hydrogen) atoms. The highest BCUT2D eigenvalue weighted by Gasteiger charge is 2.20. The van der Waals surface area contributed by atoms with Gasteiger partial charge in [-0.2, -0.15) is 16.9 Å². The molecule has 0 aromatic carbocycles. The van der Waals surface area contributed by atoms with Crippen LogP contribution < -0.4 is 5.32 Å². The molecule has 0 radical (unpaired) electrons. The number of hydrogen-bond acceptors (Lipinski definition) is 6. The SMILES string of the molecule is CCOC(=O)c1cnc2c(c(C)nn2C)c1NCCSC. The van der Waals surface area contributed by atoms with Crippen LogP contribution in [-0.2, 0) is 11.8 Å². The number of thioether (sulfide) groups is 1. The highest BCUT2D eigenvalue weighted by atomic mass is 32.2. The largest absolute Gasteiger partial charge is 0.462 e. The van der Waals surface area contributed by atoms with Crippen molar-refractivity contribution >= 4 is 34.5 Å². The van der Waals surface area contributed by atoms with Crippen molar-refractivity contribution in [3.05, 3.63) is 17.5 Å². The summed E-state index contributed by atoms with van der Waals surface area (Å²) >= 11 is 1.75. The van der Waals surface area contributed by atoms with E-state index in [9.17, 15) is 4.79 Å². The molecule has 0 spiro atoms. The number of fused-ring (bicyclic) bond motifs is 1. The fourth-order valence-electron chi connectivity index (χ4n) is 2.24. The van der Waals surface area contributed by atoms with Gasteiger partial charge in [-0.3, -0.25) is 4.68 Å². The average molecular weight is 308 g/mol. The molecule has 0 atom stereocenters. The number of esters is 1. The van der Waals surface area contributed by atoms with E-state index in [4.69, 9.17) is 4.74 Å². The second-order valence-corrected chi connectivity index (χ2v) is 5.58. The van der Waals surface area contributed by atoms with Crippen LogP contribution in [0.25, 0.3) is 11.0 Å². The first-order chi connectivity index (χ1) is 10.1. The zero-order valence-electron chi connectivity index (χ0n) is 12.8. The molecule has 7 heteroatoms. The van der Waals surface area contributed by atoms with E-state index >= 15 is 0 Å². The van der Waals surface area contributed by atoms with Gasteiger partial charge in [-0.25, -0.2) is 9.78 Å². The second-order valence-electron chi connectivity index (χ2n) is 4.59. The molecule has 0 saturated heterocycles.